The molecule has 1 aromatic carbocycles. The van der Waals surface area contributed by atoms with E-state index in [9.17, 15) is 0 Å². The van der Waals surface area contributed by atoms with E-state index in [1.54, 1.807) is 6.07 Å². The third kappa shape index (κ3) is 3.26. The third-order valence-electron chi connectivity index (χ3n) is 4.44. The van der Waals surface area contributed by atoms with E-state index in [-0.39, 0.29) is 0 Å². The summed E-state index contributed by atoms with van der Waals surface area (Å²) < 4.78 is 5.88. The van der Waals surface area contributed by atoms with E-state index >= 15 is 0 Å². The summed E-state index contributed by atoms with van der Waals surface area (Å²) in [6.45, 7) is 5.34. The van der Waals surface area contributed by atoms with Crippen molar-refractivity contribution in [3.63, 3.8) is 0 Å². The second kappa shape index (κ2) is 6.64. The van der Waals surface area contributed by atoms with Gasteiger partial charge in [-0.1, -0.05) is 11.6 Å². The number of piperazine rings is 1. The fraction of sp³-hybridized carbons (Fsp3) is 0.389. The van der Waals surface area contributed by atoms with Gasteiger partial charge in [-0.3, -0.25) is 0 Å². The second-order valence-corrected chi connectivity index (χ2v) is 7.08. The highest BCUT2D eigenvalue weighted by atomic mass is 35.5. The van der Waals surface area contributed by atoms with E-state index in [2.05, 4.69) is 24.8 Å². The number of aromatic nitrogens is 3. The molecule has 0 saturated carbocycles. The van der Waals surface area contributed by atoms with Gasteiger partial charge >= 0.3 is 0 Å². The molecule has 26 heavy (non-hydrogen) atoms. The summed E-state index contributed by atoms with van der Waals surface area (Å²) in [5, 5.41) is 0.654. The predicted molar refractivity (Wildman–Crippen MR) is 105 cm³/mol. The van der Waals surface area contributed by atoms with E-state index in [0.717, 1.165) is 54.7 Å². The van der Waals surface area contributed by atoms with Gasteiger partial charge < -0.3 is 19.1 Å². The van der Waals surface area contributed by atoms with Crippen LogP contribution in [0, 0.1) is 6.92 Å². The van der Waals surface area contributed by atoms with Crippen molar-refractivity contribution in [1.29, 1.82) is 0 Å². The molecule has 4 rings (SSSR count). The Hall–Kier alpha value is -2.54. The molecule has 1 aliphatic rings. The molecule has 0 atom stereocenters. The molecule has 1 saturated heterocycles. The predicted octanol–water partition coefficient (Wildman–Crippen LogP) is 2.97. The van der Waals surface area contributed by atoms with E-state index in [0.29, 0.717) is 11.0 Å². The first-order valence-corrected chi connectivity index (χ1v) is 8.96. The standard InChI is InChI=1S/C18H21ClN6O/c1-12-10-16(22-17(20-12)23(2)3)24-6-8-25(9-7-24)18-21-14-5-4-13(19)11-15(14)26-18/h4-5,10-11H,6-9H2,1-3H3. The summed E-state index contributed by atoms with van der Waals surface area (Å²) in [6.07, 6.45) is 0. The number of halogens is 1. The number of nitrogens with zero attached hydrogens (tertiary/aromatic N) is 6. The molecule has 0 aliphatic carbocycles. The van der Waals surface area contributed by atoms with Gasteiger partial charge in [-0.15, -0.1) is 0 Å². The molecule has 3 heterocycles. The van der Waals surface area contributed by atoms with Crippen LogP contribution in [0.3, 0.4) is 0 Å². The first-order chi connectivity index (χ1) is 12.5. The van der Waals surface area contributed by atoms with Crippen LogP contribution in [-0.4, -0.2) is 55.2 Å². The number of hydrogen-bond acceptors (Lipinski definition) is 7. The Morgan fingerprint density at radius 1 is 1.00 bits per heavy atom. The van der Waals surface area contributed by atoms with Crippen LogP contribution < -0.4 is 14.7 Å². The van der Waals surface area contributed by atoms with Gasteiger partial charge in [-0.25, -0.2) is 4.98 Å². The molecule has 0 spiro atoms. The maximum atomic E-state index is 6.02. The highest BCUT2D eigenvalue weighted by Crippen LogP contribution is 2.26. The lowest BCUT2D eigenvalue weighted by atomic mass is 10.3. The van der Waals surface area contributed by atoms with Gasteiger partial charge in [0.15, 0.2) is 5.58 Å². The normalized spacial score (nSPS) is 14.9. The summed E-state index contributed by atoms with van der Waals surface area (Å²) in [4.78, 5) is 20.1. The van der Waals surface area contributed by atoms with Crippen molar-refractivity contribution >= 4 is 40.5 Å². The summed E-state index contributed by atoms with van der Waals surface area (Å²) >= 11 is 6.02. The molecule has 0 unspecified atom stereocenters. The molecule has 0 amide bonds. The molecule has 0 radical (unpaired) electrons. The monoisotopic (exact) mass is 372 g/mol. The van der Waals surface area contributed by atoms with Gasteiger partial charge in [0.1, 0.15) is 11.3 Å². The summed E-state index contributed by atoms with van der Waals surface area (Å²) in [5.74, 6) is 1.70. The lowest BCUT2D eigenvalue weighted by molar-refractivity contribution is 0.540. The molecule has 1 fully saturated rings. The van der Waals surface area contributed by atoms with Crippen LogP contribution in [0.1, 0.15) is 5.69 Å². The zero-order chi connectivity index (χ0) is 18.3. The highest BCUT2D eigenvalue weighted by Gasteiger charge is 2.22. The minimum absolute atomic E-state index is 0.648. The van der Waals surface area contributed by atoms with Crippen molar-refractivity contribution in [2.24, 2.45) is 0 Å². The van der Waals surface area contributed by atoms with Crippen molar-refractivity contribution in [1.82, 2.24) is 15.0 Å². The average Bonchev–Trinajstić information content (AvgIpc) is 3.04. The van der Waals surface area contributed by atoms with Crippen LogP contribution in [0.4, 0.5) is 17.8 Å². The largest absolute Gasteiger partial charge is 0.423 e. The van der Waals surface area contributed by atoms with E-state index in [4.69, 9.17) is 16.0 Å². The van der Waals surface area contributed by atoms with E-state index in [1.165, 1.54) is 0 Å². The Bertz CT molecular complexity index is 933. The second-order valence-electron chi connectivity index (χ2n) is 6.64. The number of oxazole rings is 1. The zero-order valence-electron chi connectivity index (χ0n) is 15.1. The smallest absolute Gasteiger partial charge is 0.298 e. The Kier molecular flexibility index (Phi) is 4.32. The number of hydrogen-bond donors (Lipinski definition) is 0. The Morgan fingerprint density at radius 2 is 1.73 bits per heavy atom. The van der Waals surface area contributed by atoms with Crippen molar-refractivity contribution in [2.75, 3.05) is 55.0 Å². The van der Waals surface area contributed by atoms with Crippen molar-refractivity contribution in [2.45, 2.75) is 6.92 Å². The minimum atomic E-state index is 0.648. The van der Waals surface area contributed by atoms with Crippen LogP contribution in [0.15, 0.2) is 28.7 Å². The maximum Gasteiger partial charge on any atom is 0.298 e. The van der Waals surface area contributed by atoms with Gasteiger partial charge in [0.2, 0.25) is 5.95 Å². The van der Waals surface area contributed by atoms with E-state index in [1.807, 2.05) is 44.1 Å². The average molecular weight is 373 g/mol. The highest BCUT2D eigenvalue weighted by molar-refractivity contribution is 6.31. The molecule has 0 bridgehead atoms. The zero-order valence-corrected chi connectivity index (χ0v) is 15.9. The number of aryl methyl sites for hydroxylation is 1. The lowest BCUT2D eigenvalue weighted by Gasteiger charge is -2.34. The Labute approximate surface area is 157 Å². The molecule has 136 valence electrons. The van der Waals surface area contributed by atoms with Crippen LogP contribution in [0.25, 0.3) is 11.1 Å². The molecule has 8 heteroatoms. The van der Waals surface area contributed by atoms with Crippen molar-refractivity contribution < 1.29 is 4.42 Å². The molecule has 1 aliphatic heterocycles. The van der Waals surface area contributed by atoms with Crippen LogP contribution in [-0.2, 0) is 0 Å². The summed E-state index contributed by atoms with van der Waals surface area (Å²) in [7, 11) is 3.91. The first-order valence-electron chi connectivity index (χ1n) is 8.58. The van der Waals surface area contributed by atoms with Crippen molar-refractivity contribution in [3.05, 3.63) is 35.0 Å². The van der Waals surface area contributed by atoms with E-state index < -0.39 is 0 Å². The number of anilines is 3. The molecule has 3 aromatic rings. The first kappa shape index (κ1) is 16.9. The van der Waals surface area contributed by atoms with Gasteiger partial charge in [-0.2, -0.15) is 9.97 Å². The molecule has 0 N–H and O–H groups in total. The lowest BCUT2D eigenvalue weighted by Crippen LogP contribution is -2.47. The third-order valence-corrected chi connectivity index (χ3v) is 4.68. The molecular weight excluding hydrogens is 352 g/mol. The molecule has 2 aromatic heterocycles. The SMILES string of the molecule is Cc1cc(N2CCN(c3nc4ccc(Cl)cc4o3)CC2)nc(N(C)C)n1. The topological polar surface area (TPSA) is 61.5 Å². The van der Waals surface area contributed by atoms with Crippen molar-refractivity contribution in [3.8, 4) is 0 Å². The number of fused-ring (bicyclic) bond motifs is 1. The van der Waals surface area contributed by atoms with Crippen LogP contribution >= 0.6 is 11.6 Å². The van der Waals surface area contributed by atoms with Gasteiger partial charge in [0.05, 0.1) is 0 Å². The molecular formula is C18H21ClN6O. The quantitative estimate of drug-likeness (QED) is 0.700. The van der Waals surface area contributed by atoms with Gasteiger partial charge in [0, 0.05) is 63.1 Å². The fourth-order valence-electron chi connectivity index (χ4n) is 3.05. The fourth-order valence-corrected chi connectivity index (χ4v) is 3.21. The Balaban J connectivity index is 1.50. The minimum Gasteiger partial charge on any atom is -0.423 e. The van der Waals surface area contributed by atoms with Gasteiger partial charge in [0.25, 0.3) is 6.01 Å². The van der Waals surface area contributed by atoms with Gasteiger partial charge in [-0.05, 0) is 19.1 Å². The van der Waals surface area contributed by atoms with Crippen LogP contribution in [0.5, 0.6) is 0 Å². The van der Waals surface area contributed by atoms with Crippen LogP contribution in [0.2, 0.25) is 5.02 Å². The summed E-state index contributed by atoms with van der Waals surface area (Å²) in [6, 6.07) is 8.19. The number of rotatable bonds is 3. The molecule has 7 nitrogen and oxygen atoms in total. The summed E-state index contributed by atoms with van der Waals surface area (Å²) in [5.41, 5.74) is 2.52. The maximum absolute atomic E-state index is 6.02. The number of benzene rings is 1. The Morgan fingerprint density at radius 3 is 2.46 bits per heavy atom.